The predicted octanol–water partition coefficient (Wildman–Crippen LogP) is 3.00. The van der Waals surface area contributed by atoms with E-state index >= 15 is 0 Å². The zero-order valence-corrected chi connectivity index (χ0v) is 12.3. The fourth-order valence-electron chi connectivity index (χ4n) is 1.46. The van der Waals surface area contributed by atoms with Crippen molar-refractivity contribution in [1.29, 1.82) is 0 Å². The molecule has 3 nitrogen and oxygen atoms in total. The van der Waals surface area contributed by atoms with E-state index in [0.29, 0.717) is 16.6 Å². The molecule has 2 N–H and O–H groups in total. The Morgan fingerprint density at radius 1 is 1.28 bits per heavy atom. The van der Waals surface area contributed by atoms with Gasteiger partial charge in [0.15, 0.2) is 0 Å². The fourth-order valence-corrected chi connectivity index (χ4v) is 1.85. The predicted molar refractivity (Wildman–Crippen MR) is 76.1 cm³/mol. The molecule has 1 rings (SSSR count). The van der Waals surface area contributed by atoms with Gasteiger partial charge in [0, 0.05) is 12.1 Å². The van der Waals surface area contributed by atoms with Crippen LogP contribution in [0.2, 0.25) is 10.0 Å². The zero-order valence-electron chi connectivity index (χ0n) is 10.8. The minimum atomic E-state index is -0.216. The van der Waals surface area contributed by atoms with E-state index < -0.39 is 0 Å². The first kappa shape index (κ1) is 15.3. The molecular weight excluding hydrogens is 271 g/mol. The van der Waals surface area contributed by atoms with Crippen molar-refractivity contribution in [3.8, 4) is 0 Å². The molecule has 0 bridgehead atoms. The number of benzene rings is 1. The lowest BCUT2D eigenvalue weighted by atomic mass is 10.1. The summed E-state index contributed by atoms with van der Waals surface area (Å²) in [4.78, 5) is 11.6. The lowest BCUT2D eigenvalue weighted by Gasteiger charge is -2.20. The summed E-state index contributed by atoms with van der Waals surface area (Å²) in [6.07, 6.45) is 0. The maximum absolute atomic E-state index is 11.6. The van der Waals surface area contributed by atoms with E-state index in [2.05, 4.69) is 10.6 Å². The maximum Gasteiger partial charge on any atom is 0.234 e. The average Bonchev–Trinajstić information content (AvgIpc) is 2.21. The first-order valence-corrected chi connectivity index (χ1v) is 6.50. The molecule has 5 heteroatoms. The van der Waals surface area contributed by atoms with E-state index in [1.807, 2.05) is 32.9 Å². The molecule has 0 aliphatic rings. The molecule has 100 valence electrons. The van der Waals surface area contributed by atoms with Gasteiger partial charge >= 0.3 is 0 Å². The van der Waals surface area contributed by atoms with Gasteiger partial charge in [0.1, 0.15) is 0 Å². The molecule has 1 aromatic rings. The van der Waals surface area contributed by atoms with Crippen molar-refractivity contribution in [2.45, 2.75) is 32.9 Å². The first-order chi connectivity index (χ1) is 8.29. The minimum absolute atomic E-state index is 0.0411. The normalized spacial score (nSPS) is 11.4. The van der Waals surface area contributed by atoms with E-state index in [-0.39, 0.29) is 18.0 Å². The van der Waals surface area contributed by atoms with E-state index in [0.717, 1.165) is 5.56 Å². The number of nitrogens with one attached hydrogen (secondary N) is 2. The fraction of sp³-hybridized carbons (Fsp3) is 0.462. The highest BCUT2D eigenvalue weighted by Gasteiger charge is 2.13. The molecule has 0 fully saturated rings. The molecule has 0 unspecified atom stereocenters. The van der Waals surface area contributed by atoms with Gasteiger partial charge in [-0.1, -0.05) is 35.3 Å². The molecule has 0 aliphatic carbocycles. The van der Waals surface area contributed by atoms with Crippen molar-refractivity contribution >= 4 is 29.1 Å². The Morgan fingerprint density at radius 2 is 1.94 bits per heavy atom. The highest BCUT2D eigenvalue weighted by Crippen LogP contribution is 2.25. The topological polar surface area (TPSA) is 41.1 Å². The molecule has 0 heterocycles. The molecule has 0 spiro atoms. The van der Waals surface area contributed by atoms with Crippen molar-refractivity contribution in [3.63, 3.8) is 0 Å². The van der Waals surface area contributed by atoms with Crippen LogP contribution in [0.5, 0.6) is 0 Å². The summed E-state index contributed by atoms with van der Waals surface area (Å²) in [6.45, 7) is 6.59. The maximum atomic E-state index is 11.6. The van der Waals surface area contributed by atoms with Gasteiger partial charge in [0.25, 0.3) is 0 Å². The van der Waals surface area contributed by atoms with Crippen LogP contribution in [0, 0.1) is 0 Å². The Hall–Kier alpha value is -0.770. The third-order valence-corrected chi connectivity index (χ3v) is 3.01. The lowest BCUT2D eigenvalue weighted by molar-refractivity contribution is -0.121. The molecule has 0 atom stereocenters. The standard InChI is InChI=1S/C13H18Cl2N2O/c1-13(2,3)17-11(18)8-16-7-9-5-4-6-10(14)12(9)15/h4-6,16H,7-8H2,1-3H3,(H,17,18). The smallest absolute Gasteiger partial charge is 0.234 e. The molecule has 0 radical (unpaired) electrons. The van der Waals surface area contributed by atoms with Crippen molar-refractivity contribution in [3.05, 3.63) is 33.8 Å². The van der Waals surface area contributed by atoms with Crippen molar-refractivity contribution in [2.24, 2.45) is 0 Å². The Bertz CT molecular complexity index is 427. The molecule has 18 heavy (non-hydrogen) atoms. The summed E-state index contributed by atoms with van der Waals surface area (Å²) < 4.78 is 0. The van der Waals surface area contributed by atoms with E-state index in [9.17, 15) is 4.79 Å². The second-order valence-electron chi connectivity index (χ2n) is 5.11. The number of rotatable bonds is 4. The van der Waals surface area contributed by atoms with Gasteiger partial charge in [-0.25, -0.2) is 0 Å². The van der Waals surface area contributed by atoms with Gasteiger partial charge in [0.05, 0.1) is 16.6 Å². The van der Waals surface area contributed by atoms with Crippen LogP contribution in [0.4, 0.5) is 0 Å². The molecule has 0 aliphatic heterocycles. The molecule has 1 aromatic carbocycles. The third kappa shape index (κ3) is 5.25. The quantitative estimate of drug-likeness (QED) is 0.894. The Labute approximate surface area is 118 Å². The van der Waals surface area contributed by atoms with Crippen LogP contribution in [-0.2, 0) is 11.3 Å². The van der Waals surface area contributed by atoms with Crippen LogP contribution >= 0.6 is 23.2 Å². The zero-order chi connectivity index (χ0) is 13.8. The summed E-state index contributed by atoms with van der Waals surface area (Å²) >= 11 is 11.9. The molecule has 0 saturated heterocycles. The summed E-state index contributed by atoms with van der Waals surface area (Å²) in [5.41, 5.74) is 0.666. The summed E-state index contributed by atoms with van der Waals surface area (Å²) in [5, 5.41) is 6.96. The largest absolute Gasteiger partial charge is 0.350 e. The highest BCUT2D eigenvalue weighted by atomic mass is 35.5. The molecule has 0 aromatic heterocycles. The number of carbonyl (C=O) groups is 1. The summed E-state index contributed by atoms with van der Waals surface area (Å²) in [7, 11) is 0. The number of hydrogen-bond acceptors (Lipinski definition) is 2. The SMILES string of the molecule is CC(C)(C)NC(=O)CNCc1cccc(Cl)c1Cl. The Morgan fingerprint density at radius 3 is 2.56 bits per heavy atom. The number of carbonyl (C=O) groups excluding carboxylic acids is 1. The average molecular weight is 289 g/mol. The van der Waals surface area contributed by atoms with Crippen molar-refractivity contribution in [1.82, 2.24) is 10.6 Å². The van der Waals surface area contributed by atoms with Gasteiger partial charge in [-0.05, 0) is 32.4 Å². The van der Waals surface area contributed by atoms with Gasteiger partial charge in [-0.2, -0.15) is 0 Å². The van der Waals surface area contributed by atoms with Gasteiger partial charge in [-0.3, -0.25) is 4.79 Å². The minimum Gasteiger partial charge on any atom is -0.350 e. The second kappa shape index (κ2) is 6.41. The second-order valence-corrected chi connectivity index (χ2v) is 5.90. The van der Waals surface area contributed by atoms with Crippen LogP contribution in [-0.4, -0.2) is 18.0 Å². The Kier molecular flexibility index (Phi) is 5.45. The Balaban J connectivity index is 2.43. The summed E-state index contributed by atoms with van der Waals surface area (Å²) in [6, 6.07) is 5.45. The monoisotopic (exact) mass is 288 g/mol. The number of halogens is 2. The van der Waals surface area contributed by atoms with Crippen LogP contribution in [0.15, 0.2) is 18.2 Å². The van der Waals surface area contributed by atoms with E-state index in [1.54, 1.807) is 6.07 Å². The third-order valence-electron chi connectivity index (χ3n) is 2.15. The van der Waals surface area contributed by atoms with Gasteiger partial charge in [0.2, 0.25) is 5.91 Å². The van der Waals surface area contributed by atoms with Crippen molar-refractivity contribution < 1.29 is 4.79 Å². The summed E-state index contributed by atoms with van der Waals surface area (Å²) in [5.74, 6) is -0.0411. The van der Waals surface area contributed by atoms with Crippen LogP contribution < -0.4 is 10.6 Å². The number of hydrogen-bond donors (Lipinski definition) is 2. The molecule has 0 saturated carbocycles. The van der Waals surface area contributed by atoms with Crippen molar-refractivity contribution in [2.75, 3.05) is 6.54 Å². The highest BCUT2D eigenvalue weighted by molar-refractivity contribution is 6.42. The van der Waals surface area contributed by atoms with Gasteiger partial charge < -0.3 is 10.6 Å². The van der Waals surface area contributed by atoms with Gasteiger partial charge in [-0.15, -0.1) is 0 Å². The van der Waals surface area contributed by atoms with E-state index in [1.165, 1.54) is 0 Å². The molecular formula is C13H18Cl2N2O. The molecule has 1 amide bonds. The first-order valence-electron chi connectivity index (χ1n) is 5.74. The number of amides is 1. The van der Waals surface area contributed by atoms with E-state index in [4.69, 9.17) is 23.2 Å². The van der Waals surface area contributed by atoms with Crippen LogP contribution in [0.3, 0.4) is 0 Å². The van der Waals surface area contributed by atoms with Crippen LogP contribution in [0.1, 0.15) is 26.3 Å². The van der Waals surface area contributed by atoms with Crippen LogP contribution in [0.25, 0.3) is 0 Å². The lowest BCUT2D eigenvalue weighted by Crippen LogP contribution is -2.44.